The Balaban J connectivity index is 2.19. The van der Waals surface area contributed by atoms with E-state index in [0.717, 1.165) is 29.7 Å². The number of aromatic nitrogens is 1. The van der Waals surface area contributed by atoms with Crippen LogP contribution in [0.1, 0.15) is 28.8 Å². The zero-order valence-corrected chi connectivity index (χ0v) is 9.52. The highest BCUT2D eigenvalue weighted by Crippen LogP contribution is 2.30. The summed E-state index contributed by atoms with van der Waals surface area (Å²) in [5.41, 5.74) is 4.12. The van der Waals surface area contributed by atoms with Crippen LogP contribution in [-0.4, -0.2) is 10.8 Å². The predicted octanol–water partition coefficient (Wildman–Crippen LogP) is 3.27. The lowest BCUT2D eigenvalue weighted by Crippen LogP contribution is -2.11. The molecule has 0 N–H and O–H groups in total. The number of hydrogen-bond acceptors (Lipinski definition) is 2. The van der Waals surface area contributed by atoms with Crippen molar-refractivity contribution in [3.63, 3.8) is 0 Å². The monoisotopic (exact) mass is 223 g/mol. The van der Waals surface area contributed by atoms with Crippen molar-refractivity contribution in [2.24, 2.45) is 0 Å². The maximum absolute atomic E-state index is 11.8. The molecule has 1 aliphatic carbocycles. The van der Waals surface area contributed by atoms with Gasteiger partial charge in [-0.2, -0.15) is 0 Å². The van der Waals surface area contributed by atoms with E-state index in [1.165, 1.54) is 5.56 Å². The second kappa shape index (κ2) is 4.13. The van der Waals surface area contributed by atoms with Crippen LogP contribution in [0.15, 0.2) is 42.6 Å². The van der Waals surface area contributed by atoms with Gasteiger partial charge in [0.2, 0.25) is 0 Å². The van der Waals surface area contributed by atoms with Gasteiger partial charge in [0.15, 0.2) is 5.78 Å². The van der Waals surface area contributed by atoms with Crippen LogP contribution in [0.2, 0.25) is 0 Å². The van der Waals surface area contributed by atoms with Gasteiger partial charge in [-0.25, -0.2) is 0 Å². The first-order chi connectivity index (χ1) is 8.36. The molecule has 0 bridgehead atoms. The first-order valence-corrected chi connectivity index (χ1v) is 5.93. The van der Waals surface area contributed by atoms with Crippen molar-refractivity contribution < 1.29 is 4.79 Å². The molecule has 2 nitrogen and oxygen atoms in total. The zero-order valence-electron chi connectivity index (χ0n) is 9.52. The first-order valence-electron chi connectivity index (χ1n) is 5.93. The predicted molar refractivity (Wildman–Crippen MR) is 66.9 cm³/mol. The molecule has 0 unspecified atom stereocenters. The lowest BCUT2D eigenvalue weighted by atomic mass is 9.86. The van der Waals surface area contributed by atoms with E-state index in [1.54, 1.807) is 6.20 Å². The van der Waals surface area contributed by atoms with Crippen LogP contribution >= 0.6 is 0 Å². The third kappa shape index (κ3) is 1.76. The van der Waals surface area contributed by atoms with E-state index >= 15 is 0 Å². The van der Waals surface area contributed by atoms with E-state index in [9.17, 15) is 4.79 Å². The summed E-state index contributed by atoms with van der Waals surface area (Å²) in [4.78, 5) is 16.2. The Bertz CT molecular complexity index is 560. The molecule has 0 atom stereocenters. The van der Waals surface area contributed by atoms with Gasteiger partial charge in [-0.1, -0.05) is 24.3 Å². The van der Waals surface area contributed by atoms with Gasteiger partial charge in [-0.3, -0.25) is 9.78 Å². The van der Waals surface area contributed by atoms with Crippen LogP contribution in [0.4, 0.5) is 0 Å². The quantitative estimate of drug-likeness (QED) is 0.742. The van der Waals surface area contributed by atoms with Crippen LogP contribution in [-0.2, 0) is 6.42 Å². The minimum atomic E-state index is 0.268. The Kier molecular flexibility index (Phi) is 2.48. The molecule has 0 saturated heterocycles. The van der Waals surface area contributed by atoms with Gasteiger partial charge in [-0.05, 0) is 30.5 Å². The fraction of sp³-hybridized carbons (Fsp3) is 0.200. The summed E-state index contributed by atoms with van der Waals surface area (Å²) in [6.45, 7) is 0. The summed E-state index contributed by atoms with van der Waals surface area (Å²) in [6, 6.07) is 11.8. The first kappa shape index (κ1) is 10.2. The van der Waals surface area contributed by atoms with Gasteiger partial charge < -0.3 is 0 Å². The van der Waals surface area contributed by atoms with Gasteiger partial charge >= 0.3 is 0 Å². The van der Waals surface area contributed by atoms with Crippen molar-refractivity contribution in [2.75, 3.05) is 0 Å². The second-order valence-electron chi connectivity index (χ2n) is 4.32. The third-order valence-electron chi connectivity index (χ3n) is 3.25. The van der Waals surface area contributed by atoms with E-state index < -0.39 is 0 Å². The lowest BCUT2D eigenvalue weighted by molar-refractivity contribution is 0.0972. The van der Waals surface area contributed by atoms with Crippen molar-refractivity contribution in [1.29, 1.82) is 0 Å². The number of hydrogen-bond donors (Lipinski definition) is 0. The summed E-state index contributed by atoms with van der Waals surface area (Å²) >= 11 is 0. The molecule has 2 aromatic rings. The number of pyridine rings is 1. The molecule has 0 radical (unpaired) electrons. The smallest absolute Gasteiger partial charge is 0.163 e. The van der Waals surface area contributed by atoms with Gasteiger partial charge in [-0.15, -0.1) is 0 Å². The highest BCUT2D eigenvalue weighted by atomic mass is 16.1. The molecule has 0 spiro atoms. The maximum atomic E-state index is 11.8. The number of fused-ring (bicyclic) bond motifs is 1. The van der Waals surface area contributed by atoms with Crippen molar-refractivity contribution in [1.82, 2.24) is 4.98 Å². The number of carbonyl (C=O) groups is 1. The minimum Gasteiger partial charge on any atom is -0.294 e. The molecule has 84 valence electrons. The normalized spacial score (nSPS) is 14.5. The molecule has 1 aliphatic rings. The zero-order chi connectivity index (χ0) is 11.7. The number of rotatable bonds is 1. The van der Waals surface area contributed by atoms with Crippen LogP contribution in [0.3, 0.4) is 0 Å². The Hall–Kier alpha value is -1.96. The third-order valence-corrected chi connectivity index (χ3v) is 3.25. The van der Waals surface area contributed by atoms with Gasteiger partial charge in [0.1, 0.15) is 0 Å². The average Bonchev–Trinajstić information content (AvgIpc) is 2.40. The largest absolute Gasteiger partial charge is 0.294 e. The van der Waals surface area contributed by atoms with Gasteiger partial charge in [0.05, 0.1) is 5.69 Å². The standard InChI is InChI=1S/C15H13NO/c17-15-9-4-5-11-12(6-3-7-13(11)15)14-8-1-2-10-16-14/h1-3,6-8,10H,4-5,9H2. The van der Waals surface area contributed by atoms with Crippen molar-refractivity contribution in [3.8, 4) is 11.3 Å². The van der Waals surface area contributed by atoms with E-state index in [2.05, 4.69) is 11.1 Å². The Labute approximate surface area is 100 Å². The summed E-state index contributed by atoms with van der Waals surface area (Å²) in [6.07, 6.45) is 4.40. The molecule has 2 heteroatoms. The molecule has 0 aliphatic heterocycles. The number of Topliss-reactive ketones (excluding diaryl/α,β-unsaturated/α-hetero) is 1. The van der Waals surface area contributed by atoms with Crippen LogP contribution in [0, 0.1) is 0 Å². The summed E-state index contributed by atoms with van der Waals surface area (Å²) in [7, 11) is 0. The summed E-state index contributed by atoms with van der Waals surface area (Å²) in [5.74, 6) is 0.268. The van der Waals surface area contributed by atoms with E-state index in [0.29, 0.717) is 6.42 Å². The van der Waals surface area contributed by atoms with Gasteiger partial charge in [0.25, 0.3) is 0 Å². The molecule has 1 aromatic heterocycles. The van der Waals surface area contributed by atoms with E-state index in [1.807, 2.05) is 30.3 Å². The van der Waals surface area contributed by atoms with E-state index in [-0.39, 0.29) is 5.78 Å². The van der Waals surface area contributed by atoms with Gasteiger partial charge in [0, 0.05) is 23.7 Å². The molecular weight excluding hydrogens is 210 g/mol. The number of nitrogens with zero attached hydrogens (tertiary/aromatic N) is 1. The number of ketones is 1. The van der Waals surface area contributed by atoms with E-state index in [4.69, 9.17) is 0 Å². The highest BCUT2D eigenvalue weighted by molar-refractivity contribution is 6.00. The highest BCUT2D eigenvalue weighted by Gasteiger charge is 2.20. The molecular formula is C15H13NO. The molecule has 0 fully saturated rings. The molecule has 1 heterocycles. The number of benzene rings is 1. The Morgan fingerprint density at radius 1 is 0.941 bits per heavy atom. The number of carbonyl (C=O) groups excluding carboxylic acids is 1. The van der Waals surface area contributed by atoms with Crippen molar-refractivity contribution in [2.45, 2.75) is 19.3 Å². The van der Waals surface area contributed by atoms with Crippen molar-refractivity contribution >= 4 is 5.78 Å². The Morgan fingerprint density at radius 3 is 2.65 bits per heavy atom. The topological polar surface area (TPSA) is 30.0 Å². The van der Waals surface area contributed by atoms with Crippen LogP contribution in [0.25, 0.3) is 11.3 Å². The summed E-state index contributed by atoms with van der Waals surface area (Å²) in [5, 5.41) is 0. The van der Waals surface area contributed by atoms with Crippen LogP contribution < -0.4 is 0 Å². The van der Waals surface area contributed by atoms with Crippen molar-refractivity contribution in [3.05, 3.63) is 53.7 Å². The average molecular weight is 223 g/mol. The second-order valence-corrected chi connectivity index (χ2v) is 4.32. The summed E-state index contributed by atoms with van der Waals surface area (Å²) < 4.78 is 0. The Morgan fingerprint density at radius 2 is 1.82 bits per heavy atom. The SMILES string of the molecule is O=C1CCCc2c1cccc2-c1ccccn1. The fourth-order valence-corrected chi connectivity index (χ4v) is 2.44. The molecule has 1 aromatic carbocycles. The maximum Gasteiger partial charge on any atom is 0.163 e. The lowest BCUT2D eigenvalue weighted by Gasteiger charge is -2.17. The minimum absolute atomic E-state index is 0.268. The molecule has 0 saturated carbocycles. The molecule has 0 amide bonds. The fourth-order valence-electron chi connectivity index (χ4n) is 2.44. The molecule has 17 heavy (non-hydrogen) atoms. The van der Waals surface area contributed by atoms with Crippen LogP contribution in [0.5, 0.6) is 0 Å². The molecule has 3 rings (SSSR count).